The van der Waals surface area contributed by atoms with Crippen LogP contribution in [-0.4, -0.2) is 44.4 Å². The first kappa shape index (κ1) is 19.7. The highest BCUT2D eigenvalue weighted by atomic mass is 32.2. The topological polar surface area (TPSA) is 75.7 Å². The van der Waals surface area contributed by atoms with Gasteiger partial charge in [-0.25, -0.2) is 8.42 Å². The number of piperidine rings is 1. The zero-order valence-electron chi connectivity index (χ0n) is 15.0. The van der Waals surface area contributed by atoms with Crippen LogP contribution in [0.4, 0.5) is 0 Å². The van der Waals surface area contributed by atoms with E-state index in [0.717, 1.165) is 12.8 Å². The number of hydrogen-bond donors (Lipinski definition) is 1. The first-order valence-electron chi connectivity index (χ1n) is 8.99. The lowest BCUT2D eigenvalue weighted by atomic mass is 10.1. The molecule has 1 aliphatic heterocycles. The van der Waals surface area contributed by atoms with E-state index in [4.69, 9.17) is 4.74 Å². The average Bonchev–Trinajstić information content (AvgIpc) is 2.61. The molecule has 1 aliphatic rings. The predicted molar refractivity (Wildman–Crippen MR) is 97.1 cm³/mol. The Bertz CT molecular complexity index is 650. The van der Waals surface area contributed by atoms with E-state index in [9.17, 15) is 13.2 Å². The predicted octanol–water partition coefficient (Wildman–Crippen LogP) is 2.54. The van der Waals surface area contributed by atoms with Gasteiger partial charge in [0.2, 0.25) is 15.9 Å². The number of unbranched alkanes of at least 4 members (excludes halogenated alkanes) is 1. The van der Waals surface area contributed by atoms with Crippen LogP contribution in [0.25, 0.3) is 0 Å². The number of sulfonamides is 1. The van der Waals surface area contributed by atoms with Crippen molar-refractivity contribution >= 4 is 15.9 Å². The highest BCUT2D eigenvalue weighted by Crippen LogP contribution is 2.23. The molecule has 7 heteroatoms. The van der Waals surface area contributed by atoms with Crippen molar-refractivity contribution in [3.8, 4) is 5.75 Å². The molecule has 1 amide bonds. The Morgan fingerprint density at radius 2 is 1.84 bits per heavy atom. The Balaban J connectivity index is 1.91. The molecule has 1 aromatic rings. The van der Waals surface area contributed by atoms with E-state index < -0.39 is 10.0 Å². The van der Waals surface area contributed by atoms with E-state index in [-0.39, 0.29) is 16.8 Å². The molecule has 2 rings (SSSR count). The standard InChI is InChI=1S/C18H28N2O4S/c1-3-5-6-18(21)19-15-11-13-20(14-12-15)25(22,23)17-9-7-16(8-10-17)24-4-2/h7-10,15H,3-6,11-14H2,1-2H3,(H,19,21). The third kappa shape index (κ3) is 5.44. The SMILES string of the molecule is CCCCC(=O)NC1CCN(S(=O)(=O)c2ccc(OCC)cc2)CC1. The lowest BCUT2D eigenvalue weighted by Crippen LogP contribution is -2.46. The normalized spacial score (nSPS) is 16.6. The second-order valence-corrected chi connectivity index (χ2v) is 8.19. The molecule has 0 radical (unpaired) electrons. The number of nitrogens with one attached hydrogen (secondary N) is 1. The van der Waals surface area contributed by atoms with Crippen LogP contribution in [0.1, 0.15) is 46.0 Å². The van der Waals surface area contributed by atoms with Gasteiger partial charge in [-0.3, -0.25) is 4.79 Å². The van der Waals surface area contributed by atoms with Crippen molar-refractivity contribution in [1.82, 2.24) is 9.62 Å². The number of nitrogens with zero attached hydrogens (tertiary/aromatic N) is 1. The van der Waals surface area contributed by atoms with Gasteiger partial charge >= 0.3 is 0 Å². The minimum Gasteiger partial charge on any atom is -0.494 e. The summed E-state index contributed by atoms with van der Waals surface area (Å²) in [6, 6.07) is 6.59. The van der Waals surface area contributed by atoms with Crippen LogP contribution in [0.5, 0.6) is 5.75 Å². The average molecular weight is 368 g/mol. The maximum atomic E-state index is 12.7. The molecule has 0 aliphatic carbocycles. The minimum absolute atomic E-state index is 0.0645. The summed E-state index contributed by atoms with van der Waals surface area (Å²) in [4.78, 5) is 12.1. The van der Waals surface area contributed by atoms with Crippen LogP contribution in [0.2, 0.25) is 0 Å². The molecular formula is C18H28N2O4S. The van der Waals surface area contributed by atoms with Crippen molar-refractivity contribution in [3.63, 3.8) is 0 Å². The van der Waals surface area contributed by atoms with E-state index >= 15 is 0 Å². The molecule has 1 saturated heterocycles. The molecule has 1 aromatic carbocycles. The summed E-state index contributed by atoms with van der Waals surface area (Å²) < 4.78 is 32.3. The second-order valence-electron chi connectivity index (χ2n) is 6.25. The highest BCUT2D eigenvalue weighted by Gasteiger charge is 2.29. The van der Waals surface area contributed by atoms with E-state index in [0.29, 0.717) is 44.7 Å². The monoisotopic (exact) mass is 368 g/mol. The van der Waals surface area contributed by atoms with E-state index in [1.165, 1.54) is 4.31 Å². The van der Waals surface area contributed by atoms with Gasteiger partial charge in [-0.15, -0.1) is 0 Å². The fourth-order valence-corrected chi connectivity index (χ4v) is 4.37. The summed E-state index contributed by atoms with van der Waals surface area (Å²) in [6.07, 6.45) is 3.71. The number of benzene rings is 1. The van der Waals surface area contributed by atoms with Crippen LogP contribution in [0, 0.1) is 0 Å². The number of rotatable bonds is 8. The Morgan fingerprint density at radius 1 is 1.20 bits per heavy atom. The minimum atomic E-state index is -3.49. The molecule has 0 spiro atoms. The molecule has 1 fully saturated rings. The van der Waals surface area contributed by atoms with Crippen LogP contribution in [0.15, 0.2) is 29.2 Å². The molecule has 140 valence electrons. The van der Waals surface area contributed by atoms with Crippen molar-refractivity contribution in [3.05, 3.63) is 24.3 Å². The maximum absolute atomic E-state index is 12.7. The summed E-state index contributed by atoms with van der Waals surface area (Å²) >= 11 is 0. The Labute approximate surface area is 150 Å². The van der Waals surface area contributed by atoms with Gasteiger partial charge in [0.1, 0.15) is 5.75 Å². The molecule has 0 aromatic heterocycles. The van der Waals surface area contributed by atoms with Crippen molar-refractivity contribution in [2.75, 3.05) is 19.7 Å². The number of carbonyl (C=O) groups is 1. The zero-order chi connectivity index (χ0) is 18.3. The molecule has 1 heterocycles. The van der Waals surface area contributed by atoms with Crippen molar-refractivity contribution in [1.29, 1.82) is 0 Å². The highest BCUT2D eigenvalue weighted by molar-refractivity contribution is 7.89. The van der Waals surface area contributed by atoms with Gasteiger partial charge in [-0.1, -0.05) is 13.3 Å². The summed E-state index contributed by atoms with van der Waals surface area (Å²) in [7, 11) is -3.49. The molecule has 25 heavy (non-hydrogen) atoms. The summed E-state index contributed by atoms with van der Waals surface area (Å²) in [5.41, 5.74) is 0. The van der Waals surface area contributed by atoms with Crippen molar-refractivity contribution < 1.29 is 17.9 Å². The van der Waals surface area contributed by atoms with Gasteiger partial charge in [-0.2, -0.15) is 4.31 Å². The van der Waals surface area contributed by atoms with Crippen LogP contribution >= 0.6 is 0 Å². The van der Waals surface area contributed by atoms with Crippen LogP contribution in [-0.2, 0) is 14.8 Å². The van der Waals surface area contributed by atoms with Gasteiger partial charge in [-0.05, 0) is 50.5 Å². The molecule has 0 unspecified atom stereocenters. The van der Waals surface area contributed by atoms with Crippen LogP contribution < -0.4 is 10.1 Å². The quantitative estimate of drug-likeness (QED) is 0.765. The van der Waals surface area contributed by atoms with E-state index in [1.54, 1.807) is 24.3 Å². The largest absolute Gasteiger partial charge is 0.494 e. The molecule has 0 atom stereocenters. The van der Waals surface area contributed by atoms with Gasteiger partial charge in [0.25, 0.3) is 0 Å². The Kier molecular flexibility index (Phi) is 7.25. The van der Waals surface area contributed by atoms with E-state index in [2.05, 4.69) is 12.2 Å². The first-order valence-corrected chi connectivity index (χ1v) is 10.4. The molecule has 0 saturated carbocycles. The Hall–Kier alpha value is -1.60. The van der Waals surface area contributed by atoms with Gasteiger partial charge < -0.3 is 10.1 Å². The summed E-state index contributed by atoms with van der Waals surface area (Å²) in [6.45, 7) is 5.33. The molecule has 1 N–H and O–H groups in total. The van der Waals surface area contributed by atoms with Crippen molar-refractivity contribution in [2.45, 2.75) is 56.9 Å². The first-order chi connectivity index (χ1) is 12.0. The summed E-state index contributed by atoms with van der Waals surface area (Å²) in [5, 5.41) is 3.01. The third-order valence-electron chi connectivity index (χ3n) is 4.35. The lowest BCUT2D eigenvalue weighted by molar-refractivity contribution is -0.122. The second kappa shape index (κ2) is 9.20. The van der Waals surface area contributed by atoms with Gasteiger partial charge in [0, 0.05) is 25.6 Å². The molecular weight excluding hydrogens is 340 g/mol. The van der Waals surface area contributed by atoms with Gasteiger partial charge in [0.05, 0.1) is 11.5 Å². The number of hydrogen-bond acceptors (Lipinski definition) is 4. The zero-order valence-corrected chi connectivity index (χ0v) is 15.8. The number of carbonyl (C=O) groups excluding carboxylic acids is 1. The molecule has 6 nitrogen and oxygen atoms in total. The van der Waals surface area contributed by atoms with Crippen molar-refractivity contribution in [2.24, 2.45) is 0 Å². The fraction of sp³-hybridized carbons (Fsp3) is 0.611. The third-order valence-corrected chi connectivity index (χ3v) is 6.26. The number of ether oxygens (including phenoxy) is 1. The molecule has 0 bridgehead atoms. The smallest absolute Gasteiger partial charge is 0.243 e. The fourth-order valence-electron chi connectivity index (χ4n) is 2.90. The van der Waals surface area contributed by atoms with Gasteiger partial charge in [0.15, 0.2) is 0 Å². The Morgan fingerprint density at radius 3 is 2.40 bits per heavy atom. The van der Waals surface area contributed by atoms with Crippen LogP contribution in [0.3, 0.4) is 0 Å². The summed E-state index contributed by atoms with van der Waals surface area (Å²) in [5.74, 6) is 0.726. The van der Waals surface area contributed by atoms with E-state index in [1.807, 2.05) is 6.92 Å². The maximum Gasteiger partial charge on any atom is 0.243 e. The number of amides is 1. The lowest BCUT2D eigenvalue weighted by Gasteiger charge is -2.31.